The second-order valence-electron chi connectivity index (χ2n) is 5.61. The van der Waals surface area contributed by atoms with Gasteiger partial charge in [-0.3, -0.25) is 4.90 Å². The molecule has 1 heterocycles. The molecule has 1 saturated heterocycles. The molecule has 21 heavy (non-hydrogen) atoms. The maximum atomic E-state index is 6.03. The van der Waals surface area contributed by atoms with Crippen LogP contribution in [-0.4, -0.2) is 38.3 Å². The molecule has 1 unspecified atom stereocenters. The maximum absolute atomic E-state index is 6.03. The highest BCUT2D eigenvalue weighted by Crippen LogP contribution is 2.32. The van der Waals surface area contributed by atoms with Gasteiger partial charge in [0, 0.05) is 12.6 Å². The lowest BCUT2D eigenvalue weighted by molar-refractivity contribution is 0.167. The SMILES string of the molecule is CCCOc1ccc(C(CN)N2CCCCC2)cc1OC. The monoisotopic (exact) mass is 292 g/mol. The number of nitrogens with two attached hydrogens (primary N) is 1. The van der Waals surface area contributed by atoms with Crippen molar-refractivity contribution in [2.75, 3.05) is 33.4 Å². The summed E-state index contributed by atoms with van der Waals surface area (Å²) < 4.78 is 11.2. The number of rotatable bonds is 7. The number of benzene rings is 1. The van der Waals surface area contributed by atoms with Crippen molar-refractivity contribution in [3.05, 3.63) is 23.8 Å². The van der Waals surface area contributed by atoms with Crippen LogP contribution in [0.25, 0.3) is 0 Å². The van der Waals surface area contributed by atoms with Gasteiger partial charge in [-0.25, -0.2) is 0 Å². The number of hydrogen-bond acceptors (Lipinski definition) is 4. The van der Waals surface area contributed by atoms with Crippen molar-refractivity contribution in [3.63, 3.8) is 0 Å². The van der Waals surface area contributed by atoms with Gasteiger partial charge in [0.05, 0.1) is 13.7 Å². The van der Waals surface area contributed by atoms with Crippen LogP contribution in [0.1, 0.15) is 44.2 Å². The Bertz CT molecular complexity index is 431. The number of nitrogens with zero attached hydrogens (tertiary/aromatic N) is 1. The molecule has 0 radical (unpaired) electrons. The van der Waals surface area contributed by atoms with Gasteiger partial charge in [-0.2, -0.15) is 0 Å². The van der Waals surface area contributed by atoms with Gasteiger partial charge in [-0.05, 0) is 50.0 Å². The number of methoxy groups -OCH3 is 1. The minimum atomic E-state index is 0.277. The molecule has 0 spiro atoms. The van der Waals surface area contributed by atoms with E-state index in [1.165, 1.54) is 24.8 Å². The highest BCUT2D eigenvalue weighted by Gasteiger charge is 2.22. The lowest BCUT2D eigenvalue weighted by Gasteiger charge is -2.34. The lowest BCUT2D eigenvalue weighted by Crippen LogP contribution is -2.37. The average Bonchev–Trinajstić information content (AvgIpc) is 2.55. The molecule has 1 aromatic carbocycles. The van der Waals surface area contributed by atoms with Gasteiger partial charge >= 0.3 is 0 Å². The third kappa shape index (κ3) is 4.11. The molecule has 1 aliphatic rings. The second kappa shape index (κ2) is 8.25. The summed E-state index contributed by atoms with van der Waals surface area (Å²) >= 11 is 0. The van der Waals surface area contributed by atoms with Gasteiger partial charge in [0.15, 0.2) is 11.5 Å². The maximum Gasteiger partial charge on any atom is 0.161 e. The Labute approximate surface area is 128 Å². The molecule has 1 atom stereocenters. The smallest absolute Gasteiger partial charge is 0.161 e. The van der Waals surface area contributed by atoms with Crippen LogP contribution in [-0.2, 0) is 0 Å². The van der Waals surface area contributed by atoms with Gasteiger partial charge in [0.25, 0.3) is 0 Å². The molecule has 1 fully saturated rings. The highest BCUT2D eigenvalue weighted by atomic mass is 16.5. The van der Waals surface area contributed by atoms with E-state index in [1.54, 1.807) is 7.11 Å². The van der Waals surface area contributed by atoms with Crippen molar-refractivity contribution in [1.29, 1.82) is 0 Å². The van der Waals surface area contributed by atoms with E-state index in [1.807, 2.05) is 6.07 Å². The number of hydrogen-bond donors (Lipinski definition) is 1. The van der Waals surface area contributed by atoms with Crippen LogP contribution >= 0.6 is 0 Å². The van der Waals surface area contributed by atoms with Crippen molar-refractivity contribution in [1.82, 2.24) is 4.90 Å². The molecule has 4 nitrogen and oxygen atoms in total. The van der Waals surface area contributed by atoms with Crippen LogP contribution in [0.5, 0.6) is 11.5 Å². The molecule has 1 aromatic rings. The van der Waals surface area contributed by atoms with E-state index in [0.29, 0.717) is 13.2 Å². The van der Waals surface area contributed by atoms with Gasteiger partial charge in [-0.1, -0.05) is 19.4 Å². The van der Waals surface area contributed by atoms with Gasteiger partial charge in [-0.15, -0.1) is 0 Å². The largest absolute Gasteiger partial charge is 0.493 e. The molecule has 0 aliphatic carbocycles. The summed E-state index contributed by atoms with van der Waals surface area (Å²) in [6, 6.07) is 6.49. The Morgan fingerprint density at radius 2 is 1.95 bits per heavy atom. The van der Waals surface area contributed by atoms with Crippen molar-refractivity contribution < 1.29 is 9.47 Å². The van der Waals surface area contributed by atoms with Gasteiger partial charge < -0.3 is 15.2 Å². The molecule has 0 bridgehead atoms. The van der Waals surface area contributed by atoms with Crippen molar-refractivity contribution in [3.8, 4) is 11.5 Å². The molecule has 0 aromatic heterocycles. The fourth-order valence-corrected chi connectivity index (χ4v) is 2.95. The van der Waals surface area contributed by atoms with E-state index in [0.717, 1.165) is 31.0 Å². The Hall–Kier alpha value is -1.26. The summed E-state index contributed by atoms with van der Waals surface area (Å²) in [5.41, 5.74) is 7.25. The minimum absolute atomic E-state index is 0.277. The summed E-state index contributed by atoms with van der Waals surface area (Å²) in [6.45, 7) is 5.72. The summed E-state index contributed by atoms with van der Waals surface area (Å²) in [5.74, 6) is 1.62. The van der Waals surface area contributed by atoms with E-state index in [4.69, 9.17) is 15.2 Å². The first-order chi connectivity index (χ1) is 10.3. The number of piperidine rings is 1. The van der Waals surface area contributed by atoms with Gasteiger partial charge in [0.2, 0.25) is 0 Å². The zero-order valence-corrected chi connectivity index (χ0v) is 13.3. The minimum Gasteiger partial charge on any atom is -0.493 e. The van der Waals surface area contributed by atoms with E-state index in [-0.39, 0.29) is 6.04 Å². The van der Waals surface area contributed by atoms with Crippen LogP contribution in [0, 0.1) is 0 Å². The number of likely N-dealkylation sites (tertiary alicyclic amines) is 1. The molecule has 118 valence electrons. The topological polar surface area (TPSA) is 47.7 Å². The third-order valence-corrected chi connectivity index (χ3v) is 4.09. The molecular weight excluding hydrogens is 264 g/mol. The molecule has 1 aliphatic heterocycles. The highest BCUT2D eigenvalue weighted by molar-refractivity contribution is 5.44. The summed E-state index contributed by atoms with van der Waals surface area (Å²) in [7, 11) is 1.69. The Balaban J connectivity index is 2.16. The summed E-state index contributed by atoms with van der Waals surface area (Å²) in [5, 5.41) is 0. The Morgan fingerprint density at radius 3 is 2.57 bits per heavy atom. The average molecular weight is 292 g/mol. The normalized spacial score (nSPS) is 17.5. The Morgan fingerprint density at radius 1 is 1.19 bits per heavy atom. The lowest BCUT2D eigenvalue weighted by atomic mass is 10.0. The van der Waals surface area contributed by atoms with E-state index in [9.17, 15) is 0 Å². The quantitative estimate of drug-likeness (QED) is 0.839. The third-order valence-electron chi connectivity index (χ3n) is 4.09. The first-order valence-corrected chi connectivity index (χ1v) is 8.05. The summed E-state index contributed by atoms with van der Waals surface area (Å²) in [6.07, 6.45) is 4.86. The molecule has 4 heteroatoms. The van der Waals surface area contributed by atoms with Crippen LogP contribution in [0.3, 0.4) is 0 Å². The molecule has 2 rings (SSSR count). The van der Waals surface area contributed by atoms with Crippen molar-refractivity contribution in [2.24, 2.45) is 5.73 Å². The van der Waals surface area contributed by atoms with Crippen LogP contribution < -0.4 is 15.2 Å². The van der Waals surface area contributed by atoms with E-state index >= 15 is 0 Å². The fraction of sp³-hybridized carbons (Fsp3) is 0.647. The zero-order valence-electron chi connectivity index (χ0n) is 13.3. The molecule has 0 saturated carbocycles. The van der Waals surface area contributed by atoms with Crippen molar-refractivity contribution >= 4 is 0 Å². The predicted molar refractivity (Wildman–Crippen MR) is 86.0 cm³/mol. The fourth-order valence-electron chi connectivity index (χ4n) is 2.95. The number of ether oxygens (including phenoxy) is 2. The van der Waals surface area contributed by atoms with E-state index in [2.05, 4.69) is 24.0 Å². The molecule has 2 N–H and O–H groups in total. The van der Waals surface area contributed by atoms with Gasteiger partial charge in [0.1, 0.15) is 0 Å². The second-order valence-corrected chi connectivity index (χ2v) is 5.61. The molecule has 0 amide bonds. The zero-order chi connectivity index (χ0) is 15.1. The first kappa shape index (κ1) is 16.1. The van der Waals surface area contributed by atoms with Crippen LogP contribution in [0.4, 0.5) is 0 Å². The van der Waals surface area contributed by atoms with E-state index < -0.39 is 0 Å². The Kier molecular flexibility index (Phi) is 6.33. The standard InChI is InChI=1S/C17H28N2O2/c1-3-11-21-16-8-7-14(12-17(16)20-2)15(13-18)19-9-5-4-6-10-19/h7-8,12,15H,3-6,9-11,13,18H2,1-2H3. The summed E-state index contributed by atoms with van der Waals surface area (Å²) in [4.78, 5) is 2.49. The van der Waals surface area contributed by atoms with Crippen molar-refractivity contribution in [2.45, 2.75) is 38.6 Å². The predicted octanol–water partition coefficient (Wildman–Crippen LogP) is 2.97. The van der Waals surface area contributed by atoms with Crippen LogP contribution in [0.15, 0.2) is 18.2 Å². The van der Waals surface area contributed by atoms with Crippen LogP contribution in [0.2, 0.25) is 0 Å². The molecular formula is C17H28N2O2. The first-order valence-electron chi connectivity index (χ1n) is 8.05.